The van der Waals surface area contributed by atoms with Crippen molar-refractivity contribution in [2.24, 2.45) is 11.5 Å². The Balaban J connectivity index is 0. The molecule has 1 aromatic carbocycles. The van der Waals surface area contributed by atoms with Crippen LogP contribution in [0, 0.1) is 0 Å². The molecule has 28 heavy (non-hydrogen) atoms. The standard InChI is InChI=1S/C16H25NO4.C4H11N.CH2O/c1-20-16(19)15(18)6-4-5-13-7-9-14(10-8-13)21-12-3-2-11-17;1-4(2,3)5;1-2/h7-10,15,18H,2-6,11-12,17H2,1H3;5H2,1-3H3;1H2. The molecule has 1 aromatic rings. The predicted molar refractivity (Wildman–Crippen MR) is 112 cm³/mol. The van der Waals surface area contributed by atoms with Crippen LogP contribution in [0.2, 0.25) is 0 Å². The second-order valence-corrected chi connectivity index (χ2v) is 7.29. The fraction of sp³-hybridized carbons (Fsp3) is 0.619. The minimum atomic E-state index is -1.03. The third-order valence-corrected chi connectivity index (χ3v) is 3.21. The first-order valence-electron chi connectivity index (χ1n) is 9.42. The third-order valence-electron chi connectivity index (χ3n) is 3.21. The third kappa shape index (κ3) is 18.8. The number of esters is 1. The highest BCUT2D eigenvalue weighted by molar-refractivity contribution is 5.74. The molecule has 0 aliphatic heterocycles. The Morgan fingerprint density at radius 2 is 1.68 bits per heavy atom. The first-order valence-corrected chi connectivity index (χ1v) is 9.42. The Morgan fingerprint density at radius 3 is 2.14 bits per heavy atom. The maximum Gasteiger partial charge on any atom is 0.334 e. The minimum Gasteiger partial charge on any atom is -0.494 e. The van der Waals surface area contributed by atoms with E-state index < -0.39 is 12.1 Å². The SMILES string of the molecule is C=O.CC(C)(C)N.COC(=O)C(O)CCCc1ccc(OCCCCN)cc1. The Morgan fingerprint density at radius 1 is 1.14 bits per heavy atom. The van der Waals surface area contributed by atoms with Gasteiger partial charge in [-0.3, -0.25) is 0 Å². The number of aliphatic hydroxyl groups is 1. The molecule has 1 atom stereocenters. The molecule has 1 rings (SSSR count). The molecule has 0 saturated carbocycles. The van der Waals surface area contributed by atoms with E-state index in [4.69, 9.17) is 21.0 Å². The highest BCUT2D eigenvalue weighted by Gasteiger charge is 2.14. The van der Waals surface area contributed by atoms with Gasteiger partial charge in [-0.15, -0.1) is 0 Å². The molecule has 5 N–H and O–H groups in total. The number of nitrogens with two attached hydrogens (primary N) is 2. The van der Waals surface area contributed by atoms with Gasteiger partial charge in [-0.25, -0.2) is 4.79 Å². The second-order valence-electron chi connectivity index (χ2n) is 7.29. The molecule has 7 nitrogen and oxygen atoms in total. The quantitative estimate of drug-likeness (QED) is 0.407. The van der Waals surface area contributed by atoms with Crippen LogP contribution in [0.4, 0.5) is 0 Å². The lowest BCUT2D eigenvalue weighted by atomic mass is 10.1. The van der Waals surface area contributed by atoms with Crippen LogP contribution in [0.3, 0.4) is 0 Å². The summed E-state index contributed by atoms with van der Waals surface area (Å²) >= 11 is 0. The molecule has 0 bridgehead atoms. The van der Waals surface area contributed by atoms with Crippen LogP contribution in [0.1, 0.15) is 52.0 Å². The number of ether oxygens (including phenoxy) is 2. The molecule has 0 spiro atoms. The van der Waals surface area contributed by atoms with E-state index in [0.717, 1.165) is 37.0 Å². The zero-order valence-electron chi connectivity index (χ0n) is 17.8. The summed E-state index contributed by atoms with van der Waals surface area (Å²) in [7, 11) is 1.28. The van der Waals surface area contributed by atoms with E-state index in [-0.39, 0.29) is 5.54 Å². The normalized spacial score (nSPS) is 11.2. The summed E-state index contributed by atoms with van der Waals surface area (Å²) in [5.41, 5.74) is 11.9. The molecule has 0 amide bonds. The zero-order chi connectivity index (χ0) is 22.0. The van der Waals surface area contributed by atoms with Crippen molar-refractivity contribution in [1.29, 1.82) is 0 Å². The van der Waals surface area contributed by atoms with E-state index >= 15 is 0 Å². The Bertz CT molecular complexity index is 495. The van der Waals surface area contributed by atoms with Crippen molar-refractivity contribution in [3.63, 3.8) is 0 Å². The largest absolute Gasteiger partial charge is 0.494 e. The number of carbonyl (C=O) groups is 2. The number of carbonyl (C=O) groups excluding carboxylic acids is 2. The maximum atomic E-state index is 11.0. The Labute approximate surface area is 169 Å². The average Bonchev–Trinajstić information content (AvgIpc) is 2.66. The smallest absolute Gasteiger partial charge is 0.334 e. The van der Waals surface area contributed by atoms with Gasteiger partial charge in [-0.1, -0.05) is 12.1 Å². The van der Waals surface area contributed by atoms with Gasteiger partial charge >= 0.3 is 5.97 Å². The monoisotopic (exact) mass is 398 g/mol. The van der Waals surface area contributed by atoms with Crippen LogP contribution in [-0.4, -0.2) is 49.8 Å². The van der Waals surface area contributed by atoms with Crippen molar-refractivity contribution in [2.45, 2.75) is 64.5 Å². The molecule has 0 fully saturated rings. The van der Waals surface area contributed by atoms with E-state index in [1.165, 1.54) is 7.11 Å². The first kappa shape index (κ1) is 28.3. The predicted octanol–water partition coefficient (Wildman–Crippen LogP) is 2.22. The van der Waals surface area contributed by atoms with Gasteiger partial charge in [-0.05, 0) is 77.1 Å². The summed E-state index contributed by atoms with van der Waals surface area (Å²) in [5, 5.41) is 9.48. The second kappa shape index (κ2) is 17.2. The van der Waals surface area contributed by atoms with Crippen molar-refractivity contribution < 1.29 is 24.2 Å². The van der Waals surface area contributed by atoms with Crippen molar-refractivity contribution in [3.05, 3.63) is 29.8 Å². The zero-order valence-corrected chi connectivity index (χ0v) is 17.8. The number of rotatable bonds is 10. The number of aliphatic hydroxyl groups excluding tert-OH is 1. The fourth-order valence-corrected chi connectivity index (χ4v) is 1.94. The number of hydrogen-bond acceptors (Lipinski definition) is 7. The topological polar surface area (TPSA) is 125 Å². The fourth-order valence-electron chi connectivity index (χ4n) is 1.94. The maximum absolute atomic E-state index is 11.0. The van der Waals surface area contributed by atoms with E-state index in [0.29, 0.717) is 19.6 Å². The van der Waals surface area contributed by atoms with E-state index in [1.54, 1.807) is 0 Å². The lowest BCUT2D eigenvalue weighted by Gasteiger charge is -2.09. The van der Waals surface area contributed by atoms with Crippen molar-refractivity contribution >= 4 is 12.8 Å². The van der Waals surface area contributed by atoms with Gasteiger partial charge in [0.1, 0.15) is 12.5 Å². The van der Waals surface area contributed by atoms with Crippen molar-refractivity contribution in [1.82, 2.24) is 0 Å². The number of unbranched alkanes of at least 4 members (excludes halogenated alkanes) is 1. The van der Waals surface area contributed by atoms with E-state index in [9.17, 15) is 9.90 Å². The molecule has 0 aliphatic carbocycles. The lowest BCUT2D eigenvalue weighted by molar-refractivity contribution is -0.150. The molecule has 0 heterocycles. The van der Waals surface area contributed by atoms with Crippen molar-refractivity contribution in [2.75, 3.05) is 20.3 Å². The number of benzene rings is 1. The molecular formula is C21H38N2O5. The summed E-state index contributed by atoms with van der Waals surface area (Å²) < 4.78 is 10.1. The van der Waals surface area contributed by atoms with Crippen LogP contribution in [0.25, 0.3) is 0 Å². The van der Waals surface area contributed by atoms with Gasteiger partial charge in [-0.2, -0.15) is 0 Å². The molecule has 1 unspecified atom stereocenters. The number of hydrogen-bond donors (Lipinski definition) is 3. The van der Waals surface area contributed by atoms with Crippen LogP contribution < -0.4 is 16.2 Å². The van der Waals surface area contributed by atoms with Crippen LogP contribution >= 0.6 is 0 Å². The molecule has 162 valence electrons. The van der Waals surface area contributed by atoms with Crippen LogP contribution in [-0.2, 0) is 20.7 Å². The molecule has 0 radical (unpaired) electrons. The number of methoxy groups -OCH3 is 1. The van der Waals surface area contributed by atoms with Crippen molar-refractivity contribution in [3.8, 4) is 5.75 Å². The Kier molecular flexibility index (Phi) is 17.3. The lowest BCUT2D eigenvalue weighted by Crippen LogP contribution is -2.26. The molecule has 0 aromatic heterocycles. The first-order chi connectivity index (χ1) is 13.2. The summed E-state index contributed by atoms with van der Waals surface area (Å²) in [6.45, 7) is 9.27. The highest BCUT2D eigenvalue weighted by atomic mass is 16.5. The summed E-state index contributed by atoms with van der Waals surface area (Å²) in [6, 6.07) is 7.88. The van der Waals surface area contributed by atoms with Gasteiger partial charge in [0.05, 0.1) is 13.7 Å². The summed E-state index contributed by atoms with van der Waals surface area (Å²) in [4.78, 5) is 19.0. The van der Waals surface area contributed by atoms with E-state index in [2.05, 4.69) is 4.74 Å². The molecule has 0 aliphatic rings. The molecule has 0 saturated heterocycles. The highest BCUT2D eigenvalue weighted by Crippen LogP contribution is 2.15. The Hall–Kier alpha value is -1.96. The molecule has 7 heteroatoms. The van der Waals surface area contributed by atoms with Gasteiger partial charge in [0, 0.05) is 5.54 Å². The van der Waals surface area contributed by atoms with Crippen LogP contribution in [0.15, 0.2) is 24.3 Å². The summed E-state index contributed by atoms with van der Waals surface area (Å²) in [5.74, 6) is 0.279. The van der Waals surface area contributed by atoms with Gasteiger partial charge in [0.25, 0.3) is 0 Å². The van der Waals surface area contributed by atoms with Gasteiger partial charge in [0.2, 0.25) is 0 Å². The minimum absolute atomic E-state index is 0. The van der Waals surface area contributed by atoms with Gasteiger partial charge < -0.3 is 30.8 Å². The van der Waals surface area contributed by atoms with Gasteiger partial charge in [0.15, 0.2) is 6.10 Å². The van der Waals surface area contributed by atoms with Crippen LogP contribution in [0.5, 0.6) is 5.75 Å². The number of aryl methyl sites for hydroxylation is 1. The summed E-state index contributed by atoms with van der Waals surface area (Å²) in [6.07, 6.45) is 2.85. The molecular weight excluding hydrogens is 360 g/mol. The average molecular weight is 399 g/mol. The van der Waals surface area contributed by atoms with E-state index in [1.807, 2.05) is 51.8 Å².